The molecule has 0 radical (unpaired) electrons. The number of ether oxygens (including phenoxy) is 2. The van der Waals surface area contributed by atoms with Gasteiger partial charge in [0.15, 0.2) is 11.5 Å². The average molecular weight is 309 g/mol. The van der Waals surface area contributed by atoms with Gasteiger partial charge in [-0.3, -0.25) is 4.79 Å². The molecule has 0 saturated heterocycles. The number of amides is 1. The van der Waals surface area contributed by atoms with E-state index in [4.69, 9.17) is 26.8 Å². The smallest absolute Gasteiger partial charge is 0.258 e. The lowest BCUT2D eigenvalue weighted by Gasteiger charge is -2.10. The van der Waals surface area contributed by atoms with Crippen LogP contribution in [0.4, 0.5) is 15.8 Å². The van der Waals surface area contributed by atoms with E-state index in [2.05, 4.69) is 5.32 Å². The monoisotopic (exact) mass is 308 g/mol. The second kappa shape index (κ2) is 5.14. The third kappa shape index (κ3) is 2.45. The van der Waals surface area contributed by atoms with Crippen LogP contribution in [-0.2, 0) is 0 Å². The van der Waals surface area contributed by atoms with E-state index in [1.54, 1.807) is 0 Å². The standard InChI is InChI=1S/C14H10ClFN2O3/c15-8-2-1-3-9(16)13(8)18-14(19)7-4-11-12(5-10(7)17)21-6-20-11/h1-5H,6,17H2,(H,18,19). The number of benzene rings is 2. The van der Waals surface area contributed by atoms with Gasteiger partial charge in [-0.1, -0.05) is 17.7 Å². The lowest BCUT2D eigenvalue weighted by Crippen LogP contribution is -2.15. The molecule has 3 rings (SSSR count). The molecule has 108 valence electrons. The largest absolute Gasteiger partial charge is 0.454 e. The summed E-state index contributed by atoms with van der Waals surface area (Å²) in [5.41, 5.74) is 6.05. The number of carbonyl (C=O) groups is 1. The number of anilines is 2. The van der Waals surface area contributed by atoms with Crippen LogP contribution in [-0.4, -0.2) is 12.7 Å². The molecule has 0 saturated carbocycles. The lowest BCUT2D eigenvalue weighted by atomic mass is 10.1. The van der Waals surface area contributed by atoms with Gasteiger partial charge in [0, 0.05) is 11.8 Å². The van der Waals surface area contributed by atoms with E-state index >= 15 is 0 Å². The van der Waals surface area contributed by atoms with E-state index in [1.807, 2.05) is 0 Å². The maximum atomic E-state index is 13.7. The highest BCUT2D eigenvalue weighted by Crippen LogP contribution is 2.36. The molecule has 0 spiro atoms. The molecule has 1 amide bonds. The molecule has 0 unspecified atom stereocenters. The third-order valence-electron chi connectivity index (χ3n) is 2.99. The quantitative estimate of drug-likeness (QED) is 0.836. The second-order valence-corrected chi connectivity index (χ2v) is 4.75. The first-order valence-electron chi connectivity index (χ1n) is 6.01. The zero-order chi connectivity index (χ0) is 15.0. The molecule has 7 heteroatoms. The lowest BCUT2D eigenvalue weighted by molar-refractivity contribution is 0.102. The van der Waals surface area contributed by atoms with Crippen molar-refractivity contribution in [3.05, 3.63) is 46.7 Å². The average Bonchev–Trinajstić information content (AvgIpc) is 2.89. The molecule has 0 bridgehead atoms. The number of carbonyl (C=O) groups excluding carboxylic acids is 1. The van der Waals surface area contributed by atoms with Crippen LogP contribution >= 0.6 is 11.6 Å². The van der Waals surface area contributed by atoms with Gasteiger partial charge < -0.3 is 20.5 Å². The predicted molar refractivity (Wildman–Crippen MR) is 76.3 cm³/mol. The molecule has 0 aliphatic carbocycles. The van der Waals surface area contributed by atoms with Gasteiger partial charge >= 0.3 is 0 Å². The van der Waals surface area contributed by atoms with E-state index in [1.165, 1.54) is 30.3 Å². The van der Waals surface area contributed by atoms with Gasteiger partial charge in [-0.05, 0) is 18.2 Å². The molecule has 0 aromatic heterocycles. The number of hydrogen-bond donors (Lipinski definition) is 2. The highest BCUT2D eigenvalue weighted by Gasteiger charge is 2.21. The molecule has 3 N–H and O–H groups in total. The molecule has 2 aromatic carbocycles. The Morgan fingerprint density at radius 3 is 2.71 bits per heavy atom. The van der Waals surface area contributed by atoms with E-state index in [0.29, 0.717) is 11.5 Å². The van der Waals surface area contributed by atoms with Crippen molar-refractivity contribution in [2.24, 2.45) is 0 Å². The topological polar surface area (TPSA) is 73.6 Å². The first kappa shape index (κ1) is 13.5. The van der Waals surface area contributed by atoms with E-state index in [-0.39, 0.29) is 28.8 Å². The van der Waals surface area contributed by atoms with Gasteiger partial charge in [-0.2, -0.15) is 0 Å². The molecule has 1 heterocycles. The van der Waals surface area contributed by atoms with Crippen LogP contribution in [0.2, 0.25) is 5.02 Å². The first-order chi connectivity index (χ1) is 10.1. The van der Waals surface area contributed by atoms with E-state index in [9.17, 15) is 9.18 Å². The second-order valence-electron chi connectivity index (χ2n) is 4.34. The number of rotatable bonds is 2. The maximum Gasteiger partial charge on any atom is 0.258 e. The number of hydrogen-bond acceptors (Lipinski definition) is 4. The van der Waals surface area contributed by atoms with Crippen LogP contribution in [0.5, 0.6) is 11.5 Å². The third-order valence-corrected chi connectivity index (χ3v) is 3.31. The number of nitrogens with two attached hydrogens (primary N) is 1. The highest BCUT2D eigenvalue weighted by molar-refractivity contribution is 6.34. The van der Waals surface area contributed by atoms with Gasteiger partial charge in [-0.25, -0.2) is 4.39 Å². The number of nitrogens with one attached hydrogen (secondary N) is 1. The van der Waals surface area contributed by atoms with Crippen molar-refractivity contribution in [2.45, 2.75) is 0 Å². The SMILES string of the molecule is Nc1cc2c(cc1C(=O)Nc1c(F)cccc1Cl)OCO2. The number of para-hydroxylation sites is 1. The molecule has 0 fully saturated rings. The Labute approximate surface area is 124 Å². The summed E-state index contributed by atoms with van der Waals surface area (Å²) in [6, 6.07) is 7.05. The van der Waals surface area contributed by atoms with Gasteiger partial charge in [0.2, 0.25) is 6.79 Å². The minimum Gasteiger partial charge on any atom is -0.454 e. The molecule has 5 nitrogen and oxygen atoms in total. The van der Waals surface area contributed by atoms with Crippen molar-refractivity contribution in [2.75, 3.05) is 17.8 Å². The Morgan fingerprint density at radius 2 is 2.00 bits per heavy atom. The van der Waals surface area contributed by atoms with Gasteiger partial charge in [-0.15, -0.1) is 0 Å². The molecule has 21 heavy (non-hydrogen) atoms. The minimum absolute atomic E-state index is 0.0684. The molecular weight excluding hydrogens is 299 g/mol. The summed E-state index contributed by atoms with van der Waals surface area (Å²) in [6.07, 6.45) is 0. The summed E-state index contributed by atoms with van der Waals surface area (Å²) < 4.78 is 24.0. The Hall–Kier alpha value is -2.47. The number of halogens is 2. The Balaban J connectivity index is 1.93. The molecule has 1 aliphatic rings. The van der Waals surface area contributed by atoms with Crippen molar-refractivity contribution >= 4 is 28.9 Å². The normalized spacial score (nSPS) is 12.3. The van der Waals surface area contributed by atoms with Gasteiger partial charge in [0.1, 0.15) is 5.82 Å². The minimum atomic E-state index is -0.629. The zero-order valence-electron chi connectivity index (χ0n) is 10.7. The molecule has 1 aliphatic heterocycles. The fraction of sp³-hybridized carbons (Fsp3) is 0.0714. The van der Waals surface area contributed by atoms with Crippen molar-refractivity contribution in [1.29, 1.82) is 0 Å². The molecule has 2 aromatic rings. The van der Waals surface area contributed by atoms with Crippen molar-refractivity contribution in [3.63, 3.8) is 0 Å². The van der Waals surface area contributed by atoms with Crippen molar-refractivity contribution in [1.82, 2.24) is 0 Å². The Morgan fingerprint density at radius 1 is 1.29 bits per heavy atom. The summed E-state index contributed by atoms with van der Waals surface area (Å²) >= 11 is 5.86. The van der Waals surface area contributed by atoms with Crippen LogP contribution in [0.1, 0.15) is 10.4 Å². The van der Waals surface area contributed by atoms with Crippen LogP contribution in [0.15, 0.2) is 30.3 Å². The maximum absolute atomic E-state index is 13.7. The first-order valence-corrected chi connectivity index (χ1v) is 6.38. The van der Waals surface area contributed by atoms with Crippen LogP contribution < -0.4 is 20.5 Å². The van der Waals surface area contributed by atoms with Crippen molar-refractivity contribution < 1.29 is 18.7 Å². The summed E-state index contributed by atoms with van der Waals surface area (Å²) in [4.78, 5) is 12.2. The van der Waals surface area contributed by atoms with Crippen LogP contribution in [0.25, 0.3) is 0 Å². The summed E-state index contributed by atoms with van der Waals surface area (Å²) in [5, 5.41) is 2.50. The van der Waals surface area contributed by atoms with E-state index < -0.39 is 11.7 Å². The predicted octanol–water partition coefficient (Wildman–Crippen LogP) is 3.04. The molecular formula is C14H10ClFN2O3. The Kier molecular flexibility index (Phi) is 3.31. The fourth-order valence-electron chi connectivity index (χ4n) is 1.95. The zero-order valence-corrected chi connectivity index (χ0v) is 11.4. The summed E-state index contributed by atoms with van der Waals surface area (Å²) in [7, 11) is 0. The Bertz CT molecular complexity index is 716. The summed E-state index contributed by atoms with van der Waals surface area (Å²) in [6.45, 7) is 0.0684. The van der Waals surface area contributed by atoms with Gasteiger partial charge in [0.05, 0.1) is 16.3 Å². The fourth-order valence-corrected chi connectivity index (χ4v) is 2.16. The van der Waals surface area contributed by atoms with E-state index in [0.717, 1.165) is 0 Å². The summed E-state index contributed by atoms with van der Waals surface area (Å²) in [5.74, 6) is -0.338. The van der Waals surface area contributed by atoms with Crippen molar-refractivity contribution in [3.8, 4) is 11.5 Å². The van der Waals surface area contributed by atoms with Gasteiger partial charge in [0.25, 0.3) is 5.91 Å². The van der Waals surface area contributed by atoms with Crippen LogP contribution in [0, 0.1) is 5.82 Å². The van der Waals surface area contributed by atoms with Crippen LogP contribution in [0.3, 0.4) is 0 Å². The highest BCUT2D eigenvalue weighted by atomic mass is 35.5. The number of nitrogen functional groups attached to an aromatic ring is 1. The molecule has 0 atom stereocenters. The number of fused-ring (bicyclic) bond motifs is 1.